The van der Waals surface area contributed by atoms with Crippen LogP contribution in [0.2, 0.25) is 5.02 Å². The Morgan fingerprint density at radius 1 is 1.28 bits per heavy atom. The van der Waals surface area contributed by atoms with Crippen LogP contribution in [0.4, 0.5) is 5.69 Å². The van der Waals surface area contributed by atoms with E-state index in [2.05, 4.69) is 20.7 Å². The summed E-state index contributed by atoms with van der Waals surface area (Å²) in [7, 11) is -1.01. The van der Waals surface area contributed by atoms with Gasteiger partial charge in [0.1, 0.15) is 0 Å². The number of halogens is 2. The van der Waals surface area contributed by atoms with Gasteiger partial charge in [0.05, 0.1) is 27.7 Å². The number of hydrogen-bond acceptors (Lipinski definition) is 5. The zero-order valence-electron chi connectivity index (χ0n) is 13.0. The number of aryl methyl sites for hydroxylation is 1. The Labute approximate surface area is 156 Å². The first kappa shape index (κ1) is 17.8. The van der Waals surface area contributed by atoms with Gasteiger partial charge in [0, 0.05) is 18.1 Å². The third-order valence-corrected chi connectivity index (χ3v) is 5.70. The second-order valence-corrected chi connectivity index (χ2v) is 8.10. The van der Waals surface area contributed by atoms with Gasteiger partial charge in [-0.05, 0) is 40.2 Å². The van der Waals surface area contributed by atoms with Gasteiger partial charge >= 0.3 is 5.76 Å². The van der Waals surface area contributed by atoms with Crippen molar-refractivity contribution in [2.75, 3.05) is 11.8 Å². The molecule has 0 aliphatic heterocycles. The van der Waals surface area contributed by atoms with Crippen LogP contribution in [0.15, 0.2) is 48.9 Å². The molecule has 1 aromatic heterocycles. The van der Waals surface area contributed by atoms with Crippen LogP contribution >= 0.6 is 27.5 Å². The minimum atomic E-state index is -3.96. The Balaban J connectivity index is 2.07. The summed E-state index contributed by atoms with van der Waals surface area (Å²) < 4.78 is 39.8. The lowest BCUT2D eigenvalue weighted by Gasteiger charge is -2.13. The Morgan fingerprint density at radius 3 is 2.68 bits per heavy atom. The van der Waals surface area contributed by atoms with Crippen molar-refractivity contribution in [1.82, 2.24) is 4.57 Å². The zero-order valence-corrected chi connectivity index (χ0v) is 16.2. The molecule has 25 heavy (non-hydrogen) atoms. The fourth-order valence-corrected chi connectivity index (χ4v) is 4.37. The average molecular weight is 448 g/mol. The number of aromatic nitrogens is 1. The van der Waals surface area contributed by atoms with Crippen molar-refractivity contribution in [2.24, 2.45) is 7.05 Å². The largest absolute Gasteiger partial charge is 0.493 e. The molecule has 3 rings (SSSR count). The molecule has 0 atom stereocenters. The highest BCUT2D eigenvalue weighted by Crippen LogP contribution is 2.37. The van der Waals surface area contributed by atoms with Crippen LogP contribution in [-0.2, 0) is 17.1 Å². The van der Waals surface area contributed by atoms with E-state index in [9.17, 15) is 13.2 Å². The standard InChI is InChI=1S/C15H12BrClN2O5S/c1-19-12-4-3-9(7-13(12)24-15(19)20)25(21,22)18-11-6-8(17)5-10(16)14(11)23-2/h3-7,18H,1-2H3. The van der Waals surface area contributed by atoms with E-state index in [-0.39, 0.29) is 16.2 Å². The Morgan fingerprint density at radius 2 is 2.00 bits per heavy atom. The molecule has 0 fully saturated rings. The number of rotatable bonds is 4. The van der Waals surface area contributed by atoms with Crippen molar-refractivity contribution in [3.63, 3.8) is 0 Å². The topological polar surface area (TPSA) is 90.5 Å². The summed E-state index contributed by atoms with van der Waals surface area (Å²) in [5, 5.41) is 0.329. The lowest BCUT2D eigenvalue weighted by atomic mass is 10.3. The van der Waals surface area contributed by atoms with Crippen LogP contribution in [0.25, 0.3) is 11.1 Å². The van der Waals surface area contributed by atoms with Gasteiger partial charge in [0.2, 0.25) is 0 Å². The van der Waals surface area contributed by atoms with E-state index in [1.807, 2.05) is 0 Å². The second-order valence-electron chi connectivity index (χ2n) is 5.13. The fourth-order valence-electron chi connectivity index (χ4n) is 2.33. The van der Waals surface area contributed by atoms with Gasteiger partial charge in [-0.25, -0.2) is 13.2 Å². The SMILES string of the molecule is COc1c(Br)cc(Cl)cc1NS(=O)(=O)c1ccc2c(c1)oc(=O)n2C. The number of nitrogens with one attached hydrogen (secondary N) is 1. The van der Waals surface area contributed by atoms with Crippen molar-refractivity contribution in [2.45, 2.75) is 4.90 Å². The van der Waals surface area contributed by atoms with Crippen LogP contribution in [-0.4, -0.2) is 20.1 Å². The summed E-state index contributed by atoms with van der Waals surface area (Å²) in [5.41, 5.74) is 0.845. The number of oxazole rings is 1. The number of benzene rings is 2. The third kappa shape index (κ3) is 3.26. The molecule has 7 nitrogen and oxygen atoms in total. The first-order valence-electron chi connectivity index (χ1n) is 6.88. The van der Waals surface area contributed by atoms with Crippen molar-refractivity contribution >= 4 is 54.3 Å². The fraction of sp³-hybridized carbons (Fsp3) is 0.133. The maximum Gasteiger partial charge on any atom is 0.419 e. The molecular weight excluding hydrogens is 436 g/mol. The molecule has 1 heterocycles. The van der Waals surface area contributed by atoms with Crippen LogP contribution < -0.4 is 15.2 Å². The van der Waals surface area contributed by atoms with Gasteiger partial charge in [0.25, 0.3) is 10.0 Å². The molecule has 0 unspecified atom stereocenters. The highest BCUT2D eigenvalue weighted by molar-refractivity contribution is 9.10. The van der Waals surface area contributed by atoms with Crippen LogP contribution in [0.1, 0.15) is 0 Å². The maximum absolute atomic E-state index is 12.7. The first-order chi connectivity index (χ1) is 11.7. The number of methoxy groups -OCH3 is 1. The van der Waals surface area contributed by atoms with Gasteiger partial charge in [0.15, 0.2) is 11.3 Å². The van der Waals surface area contributed by atoms with Gasteiger partial charge in [-0.2, -0.15) is 0 Å². The molecular formula is C15H12BrClN2O5S. The molecule has 10 heteroatoms. The van der Waals surface area contributed by atoms with Crippen molar-refractivity contribution in [3.05, 3.63) is 50.4 Å². The van der Waals surface area contributed by atoms with Crippen LogP contribution in [0.3, 0.4) is 0 Å². The van der Waals surface area contributed by atoms with Gasteiger partial charge in [-0.1, -0.05) is 11.6 Å². The van der Waals surface area contributed by atoms with Crippen molar-refractivity contribution in [1.29, 1.82) is 0 Å². The summed E-state index contributed by atoms with van der Waals surface area (Å²) in [5.74, 6) is -0.279. The summed E-state index contributed by atoms with van der Waals surface area (Å²) in [6.45, 7) is 0. The number of anilines is 1. The number of ether oxygens (including phenoxy) is 1. The molecule has 2 aromatic carbocycles. The van der Waals surface area contributed by atoms with E-state index in [0.29, 0.717) is 20.8 Å². The Bertz CT molecular complexity index is 1140. The molecule has 0 saturated carbocycles. The molecule has 3 aromatic rings. The van der Waals surface area contributed by atoms with Gasteiger partial charge < -0.3 is 9.15 Å². The number of nitrogens with zero attached hydrogens (tertiary/aromatic N) is 1. The average Bonchev–Trinajstić information content (AvgIpc) is 2.81. The predicted molar refractivity (Wildman–Crippen MR) is 98.0 cm³/mol. The monoisotopic (exact) mass is 446 g/mol. The van der Waals surface area contributed by atoms with E-state index in [4.69, 9.17) is 20.8 Å². The predicted octanol–water partition coefficient (Wildman–Crippen LogP) is 3.36. The van der Waals surface area contributed by atoms with Crippen LogP contribution in [0, 0.1) is 0 Å². The molecule has 0 bridgehead atoms. The molecule has 0 radical (unpaired) electrons. The van der Waals surface area contributed by atoms with E-state index in [1.165, 1.54) is 43.0 Å². The van der Waals surface area contributed by atoms with Crippen LogP contribution in [0.5, 0.6) is 5.75 Å². The normalized spacial score (nSPS) is 11.7. The Kier molecular flexibility index (Phi) is 4.56. The molecule has 0 aliphatic rings. The van der Waals surface area contributed by atoms with Crippen molar-refractivity contribution < 1.29 is 17.6 Å². The second kappa shape index (κ2) is 6.40. The van der Waals surface area contributed by atoms with E-state index >= 15 is 0 Å². The summed E-state index contributed by atoms with van der Waals surface area (Å²) in [6.07, 6.45) is 0. The summed E-state index contributed by atoms with van der Waals surface area (Å²) in [6, 6.07) is 7.18. The Hall–Kier alpha value is -1.97. The van der Waals surface area contributed by atoms with Gasteiger partial charge in [-0.3, -0.25) is 9.29 Å². The van der Waals surface area contributed by atoms with E-state index in [1.54, 1.807) is 6.07 Å². The van der Waals surface area contributed by atoms with E-state index < -0.39 is 15.8 Å². The summed E-state index contributed by atoms with van der Waals surface area (Å²) in [4.78, 5) is 11.5. The molecule has 1 N–H and O–H groups in total. The molecule has 0 saturated heterocycles. The molecule has 0 amide bonds. The van der Waals surface area contributed by atoms with Crippen molar-refractivity contribution in [3.8, 4) is 5.75 Å². The molecule has 0 aliphatic carbocycles. The maximum atomic E-state index is 12.7. The highest BCUT2D eigenvalue weighted by atomic mass is 79.9. The quantitative estimate of drug-likeness (QED) is 0.662. The summed E-state index contributed by atoms with van der Waals surface area (Å²) >= 11 is 9.25. The van der Waals surface area contributed by atoms with E-state index in [0.717, 1.165) is 0 Å². The molecule has 132 valence electrons. The number of fused-ring (bicyclic) bond motifs is 1. The van der Waals surface area contributed by atoms with Gasteiger partial charge in [-0.15, -0.1) is 0 Å². The first-order valence-corrected chi connectivity index (χ1v) is 9.54. The number of hydrogen-bond donors (Lipinski definition) is 1. The highest BCUT2D eigenvalue weighted by Gasteiger charge is 2.20. The number of sulfonamides is 1. The smallest absolute Gasteiger partial charge is 0.419 e. The minimum Gasteiger partial charge on any atom is -0.493 e. The third-order valence-electron chi connectivity index (χ3n) is 3.53. The lowest BCUT2D eigenvalue weighted by molar-refractivity contribution is 0.414. The zero-order chi connectivity index (χ0) is 18.4. The lowest BCUT2D eigenvalue weighted by Crippen LogP contribution is -2.14. The molecule has 0 spiro atoms. The minimum absolute atomic E-state index is 0.0625.